The SMILES string of the molecule is CCNC(=NCCCOC)NCCCCOCC.I. The second kappa shape index (κ2) is 17.9. The first-order valence-electron chi connectivity index (χ1n) is 6.94. The molecule has 0 aromatic heterocycles. The highest BCUT2D eigenvalue weighted by molar-refractivity contribution is 14.0. The second-order valence-corrected chi connectivity index (χ2v) is 3.94. The number of nitrogens with one attached hydrogen (secondary N) is 2. The Balaban J connectivity index is 0. The number of unbranched alkanes of at least 4 members (excludes halogenated alkanes) is 1. The molecule has 0 unspecified atom stereocenters. The molecule has 0 aromatic carbocycles. The van der Waals surface area contributed by atoms with Gasteiger partial charge in [0.15, 0.2) is 5.96 Å². The Morgan fingerprint density at radius 1 is 1.05 bits per heavy atom. The van der Waals surface area contributed by atoms with Crippen LogP contribution in [0.25, 0.3) is 0 Å². The lowest BCUT2D eigenvalue weighted by Crippen LogP contribution is -2.38. The van der Waals surface area contributed by atoms with Crippen molar-refractivity contribution in [2.45, 2.75) is 33.1 Å². The van der Waals surface area contributed by atoms with Crippen LogP contribution in [0, 0.1) is 0 Å². The molecule has 0 aliphatic heterocycles. The predicted octanol–water partition coefficient (Wildman–Crippen LogP) is 2.01. The summed E-state index contributed by atoms with van der Waals surface area (Å²) in [4.78, 5) is 4.47. The van der Waals surface area contributed by atoms with Crippen molar-refractivity contribution >= 4 is 29.9 Å². The van der Waals surface area contributed by atoms with Crippen molar-refractivity contribution in [3.05, 3.63) is 0 Å². The molecule has 0 amide bonds. The molecule has 116 valence electrons. The zero-order valence-corrected chi connectivity index (χ0v) is 14.9. The van der Waals surface area contributed by atoms with Gasteiger partial charge in [-0.3, -0.25) is 4.99 Å². The van der Waals surface area contributed by atoms with Crippen molar-refractivity contribution in [1.82, 2.24) is 10.6 Å². The van der Waals surface area contributed by atoms with Gasteiger partial charge in [-0.05, 0) is 33.1 Å². The number of guanidine groups is 1. The third-order valence-corrected chi connectivity index (χ3v) is 2.33. The van der Waals surface area contributed by atoms with Crippen LogP contribution in [0.4, 0.5) is 0 Å². The van der Waals surface area contributed by atoms with Crippen LogP contribution < -0.4 is 10.6 Å². The van der Waals surface area contributed by atoms with E-state index in [9.17, 15) is 0 Å². The number of rotatable bonds is 11. The molecule has 0 bridgehead atoms. The fourth-order valence-electron chi connectivity index (χ4n) is 1.42. The van der Waals surface area contributed by atoms with E-state index >= 15 is 0 Å². The molecule has 19 heavy (non-hydrogen) atoms. The largest absolute Gasteiger partial charge is 0.385 e. The van der Waals surface area contributed by atoms with E-state index in [1.54, 1.807) is 7.11 Å². The van der Waals surface area contributed by atoms with Crippen molar-refractivity contribution in [2.75, 3.05) is 46.6 Å². The number of aliphatic imine (C=N–C) groups is 1. The van der Waals surface area contributed by atoms with E-state index in [4.69, 9.17) is 9.47 Å². The molecular weight excluding hydrogens is 357 g/mol. The van der Waals surface area contributed by atoms with Gasteiger partial charge in [0.2, 0.25) is 0 Å². The van der Waals surface area contributed by atoms with Gasteiger partial charge < -0.3 is 20.1 Å². The minimum atomic E-state index is 0. The van der Waals surface area contributed by atoms with Crippen LogP contribution in [0.3, 0.4) is 0 Å². The van der Waals surface area contributed by atoms with Gasteiger partial charge in [-0.1, -0.05) is 0 Å². The van der Waals surface area contributed by atoms with Crippen molar-refractivity contribution in [3.63, 3.8) is 0 Å². The highest BCUT2D eigenvalue weighted by atomic mass is 127. The smallest absolute Gasteiger partial charge is 0.191 e. The summed E-state index contributed by atoms with van der Waals surface area (Å²) in [6.45, 7) is 9.12. The molecule has 0 saturated heterocycles. The van der Waals surface area contributed by atoms with E-state index < -0.39 is 0 Å². The maximum atomic E-state index is 5.29. The third-order valence-electron chi connectivity index (χ3n) is 2.33. The summed E-state index contributed by atoms with van der Waals surface area (Å²) >= 11 is 0. The van der Waals surface area contributed by atoms with E-state index in [0.29, 0.717) is 0 Å². The Hall–Kier alpha value is -0.0800. The second-order valence-electron chi connectivity index (χ2n) is 3.94. The van der Waals surface area contributed by atoms with Crippen LogP contribution >= 0.6 is 24.0 Å². The number of halogens is 1. The Morgan fingerprint density at radius 3 is 2.47 bits per heavy atom. The van der Waals surface area contributed by atoms with Crippen molar-refractivity contribution in [2.24, 2.45) is 4.99 Å². The van der Waals surface area contributed by atoms with Crippen molar-refractivity contribution in [3.8, 4) is 0 Å². The van der Waals surface area contributed by atoms with Crippen molar-refractivity contribution in [1.29, 1.82) is 0 Å². The number of ether oxygens (including phenoxy) is 2. The molecule has 2 N–H and O–H groups in total. The van der Waals surface area contributed by atoms with Crippen LogP contribution in [0.1, 0.15) is 33.1 Å². The number of methoxy groups -OCH3 is 1. The third kappa shape index (κ3) is 15.9. The van der Waals surface area contributed by atoms with Gasteiger partial charge in [0.05, 0.1) is 0 Å². The Kier molecular flexibility index (Phi) is 20.0. The van der Waals surface area contributed by atoms with Crippen LogP contribution in [0.15, 0.2) is 4.99 Å². The summed E-state index contributed by atoms with van der Waals surface area (Å²) in [5.41, 5.74) is 0. The summed E-state index contributed by atoms with van der Waals surface area (Å²) in [7, 11) is 1.71. The van der Waals surface area contributed by atoms with Gasteiger partial charge in [0.1, 0.15) is 0 Å². The lowest BCUT2D eigenvalue weighted by Gasteiger charge is -2.11. The Labute approximate surface area is 134 Å². The molecule has 0 aromatic rings. The first-order chi connectivity index (χ1) is 8.85. The standard InChI is InChI=1S/C13H29N3O2.HI/c1-4-14-13(16-10-8-11-17-3)15-9-6-7-12-18-5-2;/h4-12H2,1-3H3,(H2,14,15,16);1H. The molecule has 6 heteroatoms. The molecule has 0 rings (SSSR count). The first-order valence-corrected chi connectivity index (χ1v) is 6.94. The molecule has 0 fully saturated rings. The lowest BCUT2D eigenvalue weighted by molar-refractivity contribution is 0.143. The summed E-state index contributed by atoms with van der Waals surface area (Å²) in [5, 5.41) is 6.55. The van der Waals surface area contributed by atoms with Gasteiger partial charge >= 0.3 is 0 Å². The van der Waals surface area contributed by atoms with E-state index in [1.165, 1.54) is 0 Å². The maximum Gasteiger partial charge on any atom is 0.191 e. The van der Waals surface area contributed by atoms with Crippen LogP contribution in [-0.4, -0.2) is 52.5 Å². The topological polar surface area (TPSA) is 54.9 Å². The van der Waals surface area contributed by atoms with Gasteiger partial charge in [0, 0.05) is 46.6 Å². The van der Waals surface area contributed by atoms with Gasteiger partial charge in [-0.2, -0.15) is 0 Å². The Bertz CT molecular complexity index is 204. The van der Waals surface area contributed by atoms with Crippen LogP contribution in [0.2, 0.25) is 0 Å². The van der Waals surface area contributed by atoms with Crippen LogP contribution in [0.5, 0.6) is 0 Å². The summed E-state index contributed by atoms with van der Waals surface area (Å²) in [6.07, 6.45) is 3.14. The molecule has 0 heterocycles. The summed E-state index contributed by atoms with van der Waals surface area (Å²) in [5.74, 6) is 0.894. The number of nitrogens with zero attached hydrogens (tertiary/aromatic N) is 1. The summed E-state index contributed by atoms with van der Waals surface area (Å²) < 4.78 is 10.3. The fourth-order valence-corrected chi connectivity index (χ4v) is 1.42. The first kappa shape index (κ1) is 21.2. The highest BCUT2D eigenvalue weighted by Crippen LogP contribution is 1.89. The maximum absolute atomic E-state index is 5.29. The predicted molar refractivity (Wildman–Crippen MR) is 91.6 cm³/mol. The zero-order valence-electron chi connectivity index (χ0n) is 12.5. The van der Waals surface area contributed by atoms with Crippen molar-refractivity contribution < 1.29 is 9.47 Å². The van der Waals surface area contributed by atoms with E-state index in [0.717, 1.165) is 64.7 Å². The van der Waals surface area contributed by atoms with Crippen LogP contribution in [-0.2, 0) is 9.47 Å². The summed E-state index contributed by atoms with van der Waals surface area (Å²) in [6, 6.07) is 0. The van der Waals surface area contributed by atoms with Gasteiger partial charge in [-0.15, -0.1) is 24.0 Å². The zero-order chi connectivity index (χ0) is 13.5. The molecule has 0 saturated carbocycles. The average Bonchev–Trinajstić information content (AvgIpc) is 2.38. The molecule has 0 radical (unpaired) electrons. The molecule has 0 spiro atoms. The monoisotopic (exact) mass is 387 g/mol. The van der Waals surface area contributed by atoms with E-state index in [1.807, 2.05) is 6.92 Å². The molecule has 0 aliphatic carbocycles. The molecule has 0 atom stereocenters. The quantitative estimate of drug-likeness (QED) is 0.247. The molecule has 5 nitrogen and oxygen atoms in total. The van der Waals surface area contributed by atoms with E-state index in [-0.39, 0.29) is 24.0 Å². The molecular formula is C13H30IN3O2. The minimum Gasteiger partial charge on any atom is -0.385 e. The van der Waals surface area contributed by atoms with Gasteiger partial charge in [0.25, 0.3) is 0 Å². The molecule has 0 aliphatic rings. The highest BCUT2D eigenvalue weighted by Gasteiger charge is 1.96. The van der Waals surface area contributed by atoms with E-state index in [2.05, 4.69) is 22.5 Å². The fraction of sp³-hybridized carbons (Fsp3) is 0.923. The minimum absolute atomic E-state index is 0. The Morgan fingerprint density at radius 2 is 1.84 bits per heavy atom. The lowest BCUT2D eigenvalue weighted by atomic mass is 10.3. The van der Waals surface area contributed by atoms with Gasteiger partial charge in [-0.25, -0.2) is 0 Å². The normalized spacial score (nSPS) is 11.0. The number of hydrogen-bond donors (Lipinski definition) is 2. The number of hydrogen-bond acceptors (Lipinski definition) is 3. The average molecular weight is 387 g/mol.